The summed E-state index contributed by atoms with van der Waals surface area (Å²) in [5.74, 6) is 1.04. The van der Waals surface area contributed by atoms with Crippen LogP contribution in [0.4, 0.5) is 0 Å². The number of hydrogen-bond donors (Lipinski definition) is 2. The summed E-state index contributed by atoms with van der Waals surface area (Å²) in [5, 5.41) is 8.68. The second-order valence-corrected chi connectivity index (χ2v) is 10.2. The number of rotatable bonds is 7. The predicted octanol–water partition coefficient (Wildman–Crippen LogP) is 3.39. The van der Waals surface area contributed by atoms with Gasteiger partial charge in [0.25, 0.3) is 0 Å². The molecule has 2 N–H and O–H groups in total. The van der Waals surface area contributed by atoms with Crippen LogP contribution < -0.4 is 10.6 Å². The first-order chi connectivity index (χ1) is 14.0. The van der Waals surface area contributed by atoms with E-state index in [2.05, 4.69) is 40.1 Å². The van der Waals surface area contributed by atoms with Gasteiger partial charge in [0.1, 0.15) is 0 Å². The van der Waals surface area contributed by atoms with Crippen molar-refractivity contribution in [2.24, 2.45) is 4.99 Å². The van der Waals surface area contributed by atoms with Crippen LogP contribution in [-0.2, 0) is 16.6 Å². The van der Waals surface area contributed by atoms with Crippen molar-refractivity contribution < 1.29 is 8.42 Å². The van der Waals surface area contributed by atoms with Crippen LogP contribution >= 0.6 is 11.3 Å². The zero-order chi connectivity index (χ0) is 20.7. The number of aliphatic imine (C=N–C) groups is 1. The summed E-state index contributed by atoms with van der Waals surface area (Å²) in [6.45, 7) is 4.54. The van der Waals surface area contributed by atoms with E-state index >= 15 is 0 Å². The van der Waals surface area contributed by atoms with Gasteiger partial charge in [-0.05, 0) is 35.9 Å². The van der Waals surface area contributed by atoms with E-state index in [0.717, 1.165) is 31.4 Å². The highest BCUT2D eigenvalue weighted by molar-refractivity contribution is 7.89. The maximum absolute atomic E-state index is 13.1. The van der Waals surface area contributed by atoms with Crippen molar-refractivity contribution in [3.63, 3.8) is 0 Å². The fourth-order valence-electron chi connectivity index (χ4n) is 3.47. The van der Waals surface area contributed by atoms with Gasteiger partial charge in [-0.2, -0.15) is 4.31 Å². The van der Waals surface area contributed by atoms with Crippen LogP contribution in [0.25, 0.3) is 0 Å². The average Bonchev–Trinajstić information content (AvgIpc) is 3.29. The molecule has 2 aromatic rings. The molecule has 1 saturated heterocycles. The Morgan fingerprint density at radius 2 is 1.90 bits per heavy atom. The monoisotopic (exact) mass is 434 g/mol. The van der Waals surface area contributed by atoms with E-state index in [1.54, 1.807) is 34.8 Å². The lowest BCUT2D eigenvalue weighted by Crippen LogP contribution is -2.39. The molecule has 1 aliphatic heterocycles. The molecule has 0 bridgehead atoms. The van der Waals surface area contributed by atoms with Crippen molar-refractivity contribution in [2.75, 3.05) is 26.7 Å². The molecule has 3 rings (SSSR count). The molecule has 0 spiro atoms. The SMILES string of the molecule is CN=C(NCc1ccccc1S(=O)(=O)N1CCCCC1)NCC(C)c1cccs1. The molecule has 1 aliphatic rings. The Labute approximate surface area is 178 Å². The molecule has 1 aromatic carbocycles. The Kier molecular flexibility index (Phi) is 7.69. The molecule has 1 unspecified atom stereocenters. The van der Waals surface area contributed by atoms with Crippen molar-refractivity contribution in [1.82, 2.24) is 14.9 Å². The summed E-state index contributed by atoms with van der Waals surface area (Å²) in [5.41, 5.74) is 0.757. The van der Waals surface area contributed by atoms with Crippen molar-refractivity contribution in [3.8, 4) is 0 Å². The fraction of sp³-hybridized carbons (Fsp3) is 0.476. The van der Waals surface area contributed by atoms with Crippen LogP contribution in [0, 0.1) is 0 Å². The molecule has 8 heteroatoms. The number of nitrogens with zero attached hydrogens (tertiary/aromatic N) is 2. The van der Waals surface area contributed by atoms with E-state index in [1.807, 2.05) is 12.1 Å². The van der Waals surface area contributed by atoms with Gasteiger partial charge in [0.2, 0.25) is 10.0 Å². The third kappa shape index (κ3) is 5.58. The quantitative estimate of drug-likeness (QED) is 0.517. The van der Waals surface area contributed by atoms with Crippen LogP contribution in [0.5, 0.6) is 0 Å². The van der Waals surface area contributed by atoms with E-state index < -0.39 is 10.0 Å². The summed E-state index contributed by atoms with van der Waals surface area (Å²) in [6.07, 6.45) is 2.96. The van der Waals surface area contributed by atoms with Gasteiger partial charge in [-0.3, -0.25) is 4.99 Å². The third-order valence-electron chi connectivity index (χ3n) is 5.18. The lowest BCUT2D eigenvalue weighted by molar-refractivity contribution is 0.346. The number of nitrogens with one attached hydrogen (secondary N) is 2. The zero-order valence-electron chi connectivity index (χ0n) is 17.1. The van der Waals surface area contributed by atoms with Gasteiger partial charge in [0, 0.05) is 44.0 Å². The summed E-state index contributed by atoms with van der Waals surface area (Å²) < 4.78 is 27.9. The zero-order valence-corrected chi connectivity index (χ0v) is 18.7. The molecular formula is C21H30N4O2S2. The topological polar surface area (TPSA) is 73.8 Å². The van der Waals surface area contributed by atoms with E-state index in [0.29, 0.717) is 36.4 Å². The highest BCUT2D eigenvalue weighted by Gasteiger charge is 2.27. The highest BCUT2D eigenvalue weighted by Crippen LogP contribution is 2.23. The number of hydrogen-bond acceptors (Lipinski definition) is 4. The maximum atomic E-state index is 13.1. The molecule has 1 fully saturated rings. The Balaban J connectivity index is 1.64. The van der Waals surface area contributed by atoms with Crippen LogP contribution in [0.3, 0.4) is 0 Å². The lowest BCUT2D eigenvalue weighted by atomic mass is 10.1. The average molecular weight is 435 g/mol. The second kappa shape index (κ2) is 10.2. The Hall–Kier alpha value is -1.90. The Morgan fingerprint density at radius 1 is 1.14 bits per heavy atom. The first-order valence-electron chi connectivity index (χ1n) is 10.1. The molecular weight excluding hydrogens is 404 g/mol. The van der Waals surface area contributed by atoms with Crippen molar-refractivity contribution in [1.29, 1.82) is 0 Å². The second-order valence-electron chi connectivity index (χ2n) is 7.30. The molecule has 0 saturated carbocycles. The van der Waals surface area contributed by atoms with Gasteiger partial charge in [-0.15, -0.1) is 11.3 Å². The summed E-state index contributed by atoms with van der Waals surface area (Å²) >= 11 is 1.75. The highest BCUT2D eigenvalue weighted by atomic mass is 32.2. The van der Waals surface area contributed by atoms with E-state index in [-0.39, 0.29) is 0 Å². The van der Waals surface area contributed by atoms with Gasteiger partial charge in [0.15, 0.2) is 5.96 Å². The predicted molar refractivity (Wildman–Crippen MR) is 120 cm³/mol. The van der Waals surface area contributed by atoms with E-state index in [9.17, 15) is 8.42 Å². The van der Waals surface area contributed by atoms with Crippen LogP contribution in [0.15, 0.2) is 51.7 Å². The van der Waals surface area contributed by atoms with Crippen LogP contribution in [0.2, 0.25) is 0 Å². The number of guanidine groups is 1. The van der Waals surface area contributed by atoms with Gasteiger partial charge >= 0.3 is 0 Å². The molecule has 2 heterocycles. The van der Waals surface area contributed by atoms with E-state index in [1.165, 1.54) is 4.88 Å². The van der Waals surface area contributed by atoms with E-state index in [4.69, 9.17) is 0 Å². The smallest absolute Gasteiger partial charge is 0.243 e. The minimum atomic E-state index is -3.47. The number of piperidine rings is 1. The van der Waals surface area contributed by atoms with Gasteiger partial charge in [0.05, 0.1) is 4.90 Å². The molecule has 0 aliphatic carbocycles. The third-order valence-corrected chi connectivity index (χ3v) is 8.28. The first kappa shape index (κ1) is 21.8. The normalized spacial score (nSPS) is 17.1. The largest absolute Gasteiger partial charge is 0.356 e. The molecule has 29 heavy (non-hydrogen) atoms. The molecule has 1 atom stereocenters. The number of benzene rings is 1. The molecule has 6 nitrogen and oxygen atoms in total. The van der Waals surface area contributed by atoms with Crippen molar-refractivity contribution in [2.45, 2.75) is 43.5 Å². The first-order valence-corrected chi connectivity index (χ1v) is 12.4. The molecule has 0 amide bonds. The molecule has 158 valence electrons. The molecule has 1 aromatic heterocycles. The fourth-order valence-corrected chi connectivity index (χ4v) is 5.99. The van der Waals surface area contributed by atoms with Gasteiger partial charge in [-0.1, -0.05) is 37.6 Å². The Morgan fingerprint density at radius 3 is 2.59 bits per heavy atom. The van der Waals surface area contributed by atoms with Crippen LogP contribution in [0.1, 0.15) is 42.5 Å². The summed E-state index contributed by atoms with van der Waals surface area (Å²) in [6, 6.07) is 11.4. The Bertz CT molecular complexity index is 905. The number of thiophene rings is 1. The molecule has 0 radical (unpaired) electrons. The summed E-state index contributed by atoms with van der Waals surface area (Å²) in [4.78, 5) is 5.99. The van der Waals surface area contributed by atoms with Gasteiger partial charge < -0.3 is 10.6 Å². The maximum Gasteiger partial charge on any atom is 0.243 e. The van der Waals surface area contributed by atoms with Gasteiger partial charge in [-0.25, -0.2) is 8.42 Å². The van der Waals surface area contributed by atoms with Crippen molar-refractivity contribution >= 4 is 27.3 Å². The minimum Gasteiger partial charge on any atom is -0.356 e. The van der Waals surface area contributed by atoms with Crippen LogP contribution in [-0.4, -0.2) is 45.4 Å². The minimum absolute atomic E-state index is 0.375. The summed E-state index contributed by atoms with van der Waals surface area (Å²) in [7, 11) is -1.74. The number of sulfonamides is 1. The lowest BCUT2D eigenvalue weighted by Gasteiger charge is -2.27. The standard InChI is InChI=1S/C21H30N4O2S2/c1-17(19-10-8-14-28-19)15-23-21(22-2)24-16-18-9-4-5-11-20(18)29(26,27)25-12-6-3-7-13-25/h4-5,8-11,14,17H,3,6-7,12-13,15-16H2,1-2H3,(H2,22,23,24). The van der Waals surface area contributed by atoms with Crippen molar-refractivity contribution in [3.05, 3.63) is 52.2 Å².